The molecule has 0 N–H and O–H groups in total. The number of likely N-dealkylation sites (N-methyl/N-ethyl adjacent to an activating group) is 1. The molecule has 3 aromatic heterocycles. The lowest BCUT2D eigenvalue weighted by Gasteiger charge is -2.23. The lowest BCUT2D eigenvalue weighted by Crippen LogP contribution is -2.44. The first-order valence-electron chi connectivity index (χ1n) is 12.6. The maximum absolute atomic E-state index is 14.4. The predicted molar refractivity (Wildman–Crippen MR) is 145 cm³/mol. The van der Waals surface area contributed by atoms with Crippen LogP contribution in [0.4, 0.5) is 4.39 Å². The topological polar surface area (TPSA) is 123 Å². The van der Waals surface area contributed by atoms with Crippen LogP contribution in [-0.2, 0) is 20.8 Å². The third-order valence-corrected chi connectivity index (χ3v) is 8.30. The Morgan fingerprint density at radius 3 is 2.55 bits per heavy atom. The lowest BCUT2D eigenvalue weighted by molar-refractivity contribution is -0.129. The Morgan fingerprint density at radius 2 is 1.90 bits per heavy atom. The van der Waals surface area contributed by atoms with E-state index in [0.717, 1.165) is 4.57 Å². The molecule has 0 aliphatic carbocycles. The molecule has 0 radical (unpaired) electrons. The van der Waals surface area contributed by atoms with E-state index in [-0.39, 0.29) is 31.1 Å². The quantitative estimate of drug-likeness (QED) is 0.265. The molecule has 12 nitrogen and oxygen atoms in total. The van der Waals surface area contributed by atoms with E-state index >= 15 is 0 Å². The second-order valence-corrected chi connectivity index (χ2v) is 10.4. The molecule has 0 bridgehead atoms. The van der Waals surface area contributed by atoms with Crippen molar-refractivity contribution in [3.8, 4) is 10.8 Å². The van der Waals surface area contributed by atoms with E-state index < -0.39 is 29.2 Å². The molecular formula is C26H29FN6O6S. The number of hydrogen-bond acceptors (Lipinski definition) is 9. The minimum atomic E-state index is -0.942. The third-order valence-electron chi connectivity index (χ3n) is 7.02. The van der Waals surface area contributed by atoms with Gasteiger partial charge in [-0.05, 0) is 31.5 Å². The van der Waals surface area contributed by atoms with Gasteiger partial charge in [0.05, 0.1) is 44.6 Å². The number of aromatic nitrogens is 5. The van der Waals surface area contributed by atoms with E-state index in [2.05, 4.69) is 10.2 Å². The van der Waals surface area contributed by atoms with Crippen LogP contribution in [0.3, 0.4) is 0 Å². The van der Waals surface area contributed by atoms with Crippen LogP contribution in [-0.4, -0.2) is 76.0 Å². The molecule has 1 aromatic carbocycles. The second-order valence-electron chi connectivity index (χ2n) is 9.40. The molecule has 1 aliphatic heterocycles. The lowest BCUT2D eigenvalue weighted by atomic mass is 10.1. The summed E-state index contributed by atoms with van der Waals surface area (Å²) in [7, 11) is 4.62. The molecule has 4 heterocycles. The first kappa shape index (κ1) is 27.7. The highest BCUT2D eigenvalue weighted by molar-refractivity contribution is 7.21. The zero-order valence-electron chi connectivity index (χ0n) is 22.5. The molecule has 0 spiro atoms. The van der Waals surface area contributed by atoms with Gasteiger partial charge in [-0.2, -0.15) is 10.2 Å². The first-order valence-corrected chi connectivity index (χ1v) is 13.4. The number of ether oxygens (including phenoxy) is 3. The number of likely N-dealkylation sites (tertiary alicyclic amines) is 1. The zero-order chi connectivity index (χ0) is 28.6. The van der Waals surface area contributed by atoms with Gasteiger partial charge in [0.25, 0.3) is 5.56 Å². The molecule has 2 unspecified atom stereocenters. The summed E-state index contributed by atoms with van der Waals surface area (Å²) >= 11 is 1.17. The van der Waals surface area contributed by atoms with Crippen LogP contribution in [0.15, 0.2) is 40.2 Å². The summed E-state index contributed by atoms with van der Waals surface area (Å²) in [6.45, 7) is 2.48. The van der Waals surface area contributed by atoms with E-state index in [1.807, 2.05) is 0 Å². The number of hydrogen-bond donors (Lipinski definition) is 0. The fraction of sp³-hybridized carbons (Fsp3) is 0.423. The Labute approximate surface area is 232 Å². The van der Waals surface area contributed by atoms with E-state index in [1.54, 1.807) is 14.0 Å². The van der Waals surface area contributed by atoms with Gasteiger partial charge in [0, 0.05) is 31.8 Å². The van der Waals surface area contributed by atoms with Gasteiger partial charge in [0.15, 0.2) is 0 Å². The highest BCUT2D eigenvalue weighted by Crippen LogP contribution is 2.34. The number of nitrogens with zero attached hydrogens (tertiary/aromatic N) is 6. The number of carbonyl (C=O) groups is 1. The summed E-state index contributed by atoms with van der Waals surface area (Å²) in [5.41, 5.74) is -0.265. The van der Waals surface area contributed by atoms with Gasteiger partial charge >= 0.3 is 5.69 Å². The Morgan fingerprint density at radius 1 is 1.15 bits per heavy atom. The zero-order valence-corrected chi connectivity index (χ0v) is 23.3. The van der Waals surface area contributed by atoms with Crippen LogP contribution >= 0.6 is 11.3 Å². The molecule has 5 rings (SSSR count). The number of carbonyl (C=O) groups excluding carboxylic acids is 1. The molecule has 1 fully saturated rings. The number of fused-ring (bicyclic) bond motifs is 1. The molecule has 0 saturated carbocycles. The van der Waals surface area contributed by atoms with Gasteiger partial charge in [-0.1, -0.05) is 11.3 Å². The number of amides is 1. The van der Waals surface area contributed by atoms with Crippen molar-refractivity contribution in [2.75, 3.05) is 41.0 Å². The van der Waals surface area contributed by atoms with Crippen molar-refractivity contribution >= 4 is 27.5 Å². The monoisotopic (exact) mass is 572 g/mol. The summed E-state index contributed by atoms with van der Waals surface area (Å²) in [6.07, 6.45) is 2.48. The summed E-state index contributed by atoms with van der Waals surface area (Å²) < 4.78 is 33.6. The van der Waals surface area contributed by atoms with Gasteiger partial charge < -0.3 is 19.1 Å². The summed E-state index contributed by atoms with van der Waals surface area (Å²) in [5, 5.41) is 9.23. The van der Waals surface area contributed by atoms with E-state index in [0.29, 0.717) is 39.7 Å². The van der Waals surface area contributed by atoms with Gasteiger partial charge in [0.2, 0.25) is 5.91 Å². The summed E-state index contributed by atoms with van der Waals surface area (Å²) in [4.78, 5) is 44.2. The highest BCUT2D eigenvalue weighted by atomic mass is 32.1. The van der Waals surface area contributed by atoms with Crippen molar-refractivity contribution in [1.29, 1.82) is 0 Å². The fourth-order valence-corrected chi connectivity index (χ4v) is 6.20. The van der Waals surface area contributed by atoms with E-state index in [9.17, 15) is 18.8 Å². The van der Waals surface area contributed by atoms with Crippen LogP contribution in [0.5, 0.6) is 5.75 Å². The third kappa shape index (κ3) is 4.82. The van der Waals surface area contributed by atoms with Crippen molar-refractivity contribution in [2.45, 2.75) is 32.0 Å². The fourth-order valence-electron chi connectivity index (χ4n) is 4.98. The van der Waals surface area contributed by atoms with Gasteiger partial charge in [-0.25, -0.2) is 13.8 Å². The average Bonchev–Trinajstić information content (AvgIpc) is 3.66. The summed E-state index contributed by atoms with van der Waals surface area (Å²) in [6, 6.07) is 3.11. The molecule has 1 aliphatic rings. The van der Waals surface area contributed by atoms with Gasteiger partial charge in [-0.15, -0.1) is 4.80 Å². The Balaban J connectivity index is 1.75. The number of halogens is 1. The van der Waals surface area contributed by atoms with Crippen LogP contribution < -0.4 is 16.0 Å². The van der Waals surface area contributed by atoms with Crippen molar-refractivity contribution < 1.29 is 23.4 Å². The average molecular weight is 573 g/mol. The Kier molecular flexibility index (Phi) is 7.83. The molecular weight excluding hydrogens is 543 g/mol. The minimum absolute atomic E-state index is 0.0954. The molecule has 14 heteroatoms. The molecule has 212 valence electrons. The minimum Gasteiger partial charge on any atom is -0.496 e. The second kappa shape index (κ2) is 11.3. The molecule has 40 heavy (non-hydrogen) atoms. The van der Waals surface area contributed by atoms with Gasteiger partial charge in [0.1, 0.15) is 33.5 Å². The molecule has 4 aromatic rings. The standard InChI is InChI=1S/C26H29FN6O6S/c1-15-21-23(35)32(18-7-10-30(2)22(18)34)26(36)31(25(21)40-24(15)33-28-8-9-29-33)14-20(39-12-11-37-3)17-13-16(27)5-6-19(17)38-4/h5-6,8-9,13,18,20H,7,10-12,14H2,1-4H3. The number of methoxy groups -OCH3 is 2. The normalized spacial score (nSPS) is 16.3. The van der Waals surface area contributed by atoms with Crippen molar-refractivity contribution in [1.82, 2.24) is 29.0 Å². The maximum Gasteiger partial charge on any atom is 0.332 e. The number of aryl methyl sites for hydroxylation is 1. The van der Waals surface area contributed by atoms with Crippen LogP contribution in [0.1, 0.15) is 29.7 Å². The number of thiophene rings is 1. The molecule has 2 atom stereocenters. The van der Waals surface area contributed by atoms with Crippen molar-refractivity contribution in [3.63, 3.8) is 0 Å². The van der Waals surface area contributed by atoms with Gasteiger partial charge in [-0.3, -0.25) is 14.2 Å². The van der Waals surface area contributed by atoms with Crippen LogP contribution in [0.2, 0.25) is 0 Å². The highest BCUT2D eigenvalue weighted by Gasteiger charge is 2.35. The van der Waals surface area contributed by atoms with Crippen LogP contribution in [0.25, 0.3) is 15.2 Å². The first-order chi connectivity index (χ1) is 19.3. The molecule has 1 amide bonds. The maximum atomic E-state index is 14.4. The SMILES string of the molecule is COCCOC(Cn1c(=O)n(C2CCN(C)C2=O)c(=O)c2c(C)c(-n3nccn3)sc21)c1cc(F)ccc1OC. The largest absolute Gasteiger partial charge is 0.496 e. The summed E-state index contributed by atoms with van der Waals surface area (Å²) in [5.74, 6) is -0.443. The Bertz CT molecular complexity index is 1660. The van der Waals surface area contributed by atoms with E-state index in [4.69, 9.17) is 14.2 Å². The van der Waals surface area contributed by atoms with Crippen molar-refractivity contribution in [2.24, 2.45) is 0 Å². The number of benzene rings is 1. The number of rotatable bonds is 10. The molecule has 1 saturated heterocycles. The van der Waals surface area contributed by atoms with Crippen molar-refractivity contribution in [3.05, 3.63) is 68.4 Å². The smallest absolute Gasteiger partial charge is 0.332 e. The predicted octanol–water partition coefficient (Wildman–Crippen LogP) is 2.07. The van der Waals surface area contributed by atoms with E-state index in [1.165, 1.54) is 70.4 Å². The Hall–Kier alpha value is -3.88. The van der Waals surface area contributed by atoms with Crippen LogP contribution in [0, 0.1) is 12.7 Å².